The predicted molar refractivity (Wildman–Crippen MR) is 116 cm³/mol. The highest BCUT2D eigenvalue weighted by Gasteiger charge is 2.25. The van der Waals surface area contributed by atoms with Crippen molar-refractivity contribution in [3.63, 3.8) is 0 Å². The van der Waals surface area contributed by atoms with E-state index in [1.807, 2.05) is 61.5 Å². The Morgan fingerprint density at radius 2 is 1.93 bits per heavy atom. The largest absolute Gasteiger partial charge is 0.465 e. The summed E-state index contributed by atoms with van der Waals surface area (Å²) < 4.78 is 11.3. The highest BCUT2D eigenvalue weighted by Crippen LogP contribution is 2.26. The molecule has 1 amide bonds. The van der Waals surface area contributed by atoms with Crippen LogP contribution in [0.15, 0.2) is 75.1 Å². The summed E-state index contributed by atoms with van der Waals surface area (Å²) in [5.41, 5.74) is 0.636. The summed E-state index contributed by atoms with van der Waals surface area (Å²) in [6.07, 6.45) is 1.77. The third-order valence-electron chi connectivity index (χ3n) is 5.01. The molecule has 1 N–H and O–H groups in total. The molecule has 1 aliphatic heterocycles. The van der Waals surface area contributed by atoms with Gasteiger partial charge in [0.15, 0.2) is 0 Å². The lowest BCUT2D eigenvalue weighted by Crippen LogP contribution is -2.43. The molecular formula is C23H25N3O3S. The van der Waals surface area contributed by atoms with Crippen molar-refractivity contribution in [2.75, 3.05) is 32.8 Å². The Kier molecular flexibility index (Phi) is 6.84. The van der Waals surface area contributed by atoms with E-state index in [1.54, 1.807) is 18.0 Å². The number of carbonyl (C=O) groups excluding carboxylic acids is 1. The van der Waals surface area contributed by atoms with Gasteiger partial charge in [-0.3, -0.25) is 9.69 Å². The van der Waals surface area contributed by atoms with Gasteiger partial charge in [-0.1, -0.05) is 17.8 Å². The number of nitrogens with one attached hydrogen (secondary N) is 1. The minimum atomic E-state index is -0.0917. The van der Waals surface area contributed by atoms with Gasteiger partial charge in [-0.25, -0.2) is 4.98 Å². The van der Waals surface area contributed by atoms with Crippen molar-refractivity contribution in [1.29, 1.82) is 0 Å². The fourth-order valence-corrected chi connectivity index (χ4v) is 4.20. The molecule has 1 saturated heterocycles. The zero-order chi connectivity index (χ0) is 20.8. The summed E-state index contributed by atoms with van der Waals surface area (Å²) in [5.74, 6) is 1.65. The van der Waals surface area contributed by atoms with Crippen LogP contribution in [0, 0.1) is 6.92 Å². The van der Waals surface area contributed by atoms with E-state index in [0.717, 1.165) is 34.5 Å². The summed E-state index contributed by atoms with van der Waals surface area (Å²) in [4.78, 5) is 20.4. The lowest BCUT2D eigenvalue weighted by Gasteiger charge is -2.33. The maximum absolute atomic E-state index is 12.7. The molecule has 0 spiro atoms. The maximum atomic E-state index is 12.7. The Morgan fingerprint density at radius 1 is 1.13 bits per heavy atom. The van der Waals surface area contributed by atoms with Crippen LogP contribution >= 0.6 is 11.8 Å². The number of furan rings is 1. The van der Waals surface area contributed by atoms with Gasteiger partial charge in [-0.15, -0.1) is 0 Å². The van der Waals surface area contributed by atoms with E-state index >= 15 is 0 Å². The van der Waals surface area contributed by atoms with Gasteiger partial charge in [0.05, 0.1) is 19.3 Å². The summed E-state index contributed by atoms with van der Waals surface area (Å²) >= 11 is 1.57. The molecule has 3 aromatic rings. The SMILES string of the molecule is Cc1ccc(C(CNC(=O)c2ccc(Sc3ccccn3)cc2)N2CCOCC2)o1. The third kappa shape index (κ3) is 5.30. The van der Waals surface area contributed by atoms with E-state index in [2.05, 4.69) is 15.2 Å². The number of benzene rings is 1. The minimum absolute atomic E-state index is 0.00877. The number of rotatable bonds is 7. The van der Waals surface area contributed by atoms with Crippen LogP contribution in [0.25, 0.3) is 0 Å². The summed E-state index contributed by atoms with van der Waals surface area (Å²) in [5, 5.41) is 4.00. The van der Waals surface area contributed by atoms with Crippen molar-refractivity contribution in [3.05, 3.63) is 77.9 Å². The van der Waals surface area contributed by atoms with E-state index in [9.17, 15) is 4.79 Å². The average molecular weight is 424 g/mol. The molecule has 3 heterocycles. The van der Waals surface area contributed by atoms with Crippen LogP contribution in [0.4, 0.5) is 0 Å². The predicted octanol–water partition coefficient (Wildman–Crippen LogP) is 3.94. The van der Waals surface area contributed by atoms with Gasteiger partial charge in [0, 0.05) is 36.3 Å². The molecule has 7 heteroatoms. The lowest BCUT2D eigenvalue weighted by atomic mass is 10.1. The molecule has 156 valence electrons. The van der Waals surface area contributed by atoms with E-state index in [4.69, 9.17) is 9.15 Å². The standard InChI is InChI=1S/C23H25N3O3S/c1-17-5-10-21(29-17)20(26-12-14-28-15-13-26)16-25-23(27)18-6-8-19(9-7-18)30-22-4-2-3-11-24-22/h2-11,20H,12-16H2,1H3,(H,25,27). The van der Waals surface area contributed by atoms with Crippen molar-refractivity contribution in [1.82, 2.24) is 15.2 Å². The molecule has 1 fully saturated rings. The molecule has 0 saturated carbocycles. The zero-order valence-corrected chi connectivity index (χ0v) is 17.7. The van der Waals surface area contributed by atoms with Crippen LogP contribution in [-0.2, 0) is 4.74 Å². The first-order valence-electron chi connectivity index (χ1n) is 10.0. The van der Waals surface area contributed by atoms with Crippen LogP contribution < -0.4 is 5.32 Å². The summed E-state index contributed by atoms with van der Waals surface area (Å²) in [6, 6.07) is 17.4. The van der Waals surface area contributed by atoms with E-state index in [1.165, 1.54) is 0 Å². The molecule has 0 radical (unpaired) electrons. The molecule has 4 rings (SSSR count). The molecule has 1 aromatic carbocycles. The molecule has 1 atom stereocenters. The van der Waals surface area contributed by atoms with Crippen molar-refractivity contribution < 1.29 is 13.9 Å². The molecule has 6 nitrogen and oxygen atoms in total. The Balaban J connectivity index is 1.39. The van der Waals surface area contributed by atoms with Gasteiger partial charge in [-0.2, -0.15) is 0 Å². The number of pyridine rings is 1. The number of amides is 1. The number of aromatic nitrogens is 1. The highest BCUT2D eigenvalue weighted by molar-refractivity contribution is 7.99. The molecular weight excluding hydrogens is 398 g/mol. The second kappa shape index (κ2) is 9.93. The first-order chi connectivity index (χ1) is 14.7. The monoisotopic (exact) mass is 423 g/mol. The maximum Gasteiger partial charge on any atom is 0.251 e. The summed E-state index contributed by atoms with van der Waals surface area (Å²) in [6.45, 7) is 5.44. The quantitative estimate of drug-likeness (QED) is 0.621. The topological polar surface area (TPSA) is 67.6 Å². The Morgan fingerprint density at radius 3 is 2.60 bits per heavy atom. The number of aryl methyl sites for hydroxylation is 1. The molecule has 30 heavy (non-hydrogen) atoms. The third-order valence-corrected chi connectivity index (χ3v) is 5.97. The summed E-state index contributed by atoms with van der Waals surface area (Å²) in [7, 11) is 0. The van der Waals surface area contributed by atoms with Gasteiger partial charge >= 0.3 is 0 Å². The van der Waals surface area contributed by atoms with Crippen molar-refractivity contribution >= 4 is 17.7 Å². The van der Waals surface area contributed by atoms with E-state index in [-0.39, 0.29) is 11.9 Å². The van der Waals surface area contributed by atoms with Crippen molar-refractivity contribution in [2.24, 2.45) is 0 Å². The van der Waals surface area contributed by atoms with Gasteiger partial charge < -0.3 is 14.5 Å². The number of morpholine rings is 1. The smallest absolute Gasteiger partial charge is 0.251 e. The zero-order valence-electron chi connectivity index (χ0n) is 16.9. The normalized spacial score (nSPS) is 15.6. The minimum Gasteiger partial charge on any atom is -0.465 e. The highest BCUT2D eigenvalue weighted by atomic mass is 32.2. The van der Waals surface area contributed by atoms with E-state index in [0.29, 0.717) is 25.3 Å². The molecule has 0 aliphatic carbocycles. The Labute approximate surface area is 180 Å². The number of hydrogen-bond acceptors (Lipinski definition) is 6. The fourth-order valence-electron chi connectivity index (χ4n) is 3.43. The average Bonchev–Trinajstić information content (AvgIpc) is 3.21. The van der Waals surface area contributed by atoms with Gasteiger partial charge in [0.1, 0.15) is 16.5 Å². The Hall–Kier alpha value is -2.61. The number of carbonyl (C=O) groups is 1. The van der Waals surface area contributed by atoms with Gasteiger partial charge in [0.2, 0.25) is 0 Å². The van der Waals surface area contributed by atoms with Crippen LogP contribution in [0.5, 0.6) is 0 Å². The van der Waals surface area contributed by atoms with Gasteiger partial charge in [-0.05, 0) is 55.5 Å². The van der Waals surface area contributed by atoms with Gasteiger partial charge in [0.25, 0.3) is 5.91 Å². The second-order valence-electron chi connectivity index (χ2n) is 7.12. The molecule has 2 aromatic heterocycles. The second-order valence-corrected chi connectivity index (χ2v) is 8.21. The number of nitrogens with zero attached hydrogens (tertiary/aromatic N) is 2. The van der Waals surface area contributed by atoms with Crippen LogP contribution in [0.3, 0.4) is 0 Å². The van der Waals surface area contributed by atoms with Crippen LogP contribution in [0.2, 0.25) is 0 Å². The molecule has 0 bridgehead atoms. The van der Waals surface area contributed by atoms with E-state index < -0.39 is 0 Å². The van der Waals surface area contributed by atoms with Crippen LogP contribution in [0.1, 0.15) is 27.9 Å². The lowest BCUT2D eigenvalue weighted by molar-refractivity contribution is 0.0117. The molecule has 1 unspecified atom stereocenters. The molecule has 1 aliphatic rings. The Bertz CT molecular complexity index is 953. The first-order valence-corrected chi connectivity index (χ1v) is 10.9. The number of hydrogen-bond donors (Lipinski definition) is 1. The van der Waals surface area contributed by atoms with Crippen molar-refractivity contribution in [3.8, 4) is 0 Å². The fraction of sp³-hybridized carbons (Fsp3) is 0.304. The first kappa shape index (κ1) is 20.7. The van der Waals surface area contributed by atoms with Crippen LogP contribution in [-0.4, -0.2) is 48.6 Å². The van der Waals surface area contributed by atoms with Crippen molar-refractivity contribution in [2.45, 2.75) is 22.9 Å². The number of ether oxygens (including phenoxy) is 1.